The minimum Gasteiger partial charge on any atom is -0.334 e. The van der Waals surface area contributed by atoms with Gasteiger partial charge in [0.2, 0.25) is 0 Å². The molecule has 2 heterocycles. The molecule has 0 atom stereocenters. The first-order valence-corrected chi connectivity index (χ1v) is 22.0. The molecule has 0 aliphatic rings. The number of aryl methyl sites for hydroxylation is 1. The maximum absolute atomic E-state index is 12.7. The summed E-state index contributed by atoms with van der Waals surface area (Å²) in [4.78, 5) is 9.15. The molecule has 0 radical (unpaired) electrons. The second kappa shape index (κ2) is 14.9. The highest BCUT2D eigenvalue weighted by atomic mass is 32.2. The monoisotopic (exact) mass is 795 g/mol. The number of rotatable bonds is 8. The van der Waals surface area contributed by atoms with Crippen molar-refractivity contribution in [3.05, 3.63) is 150 Å². The van der Waals surface area contributed by atoms with E-state index in [9.17, 15) is 25.3 Å². The van der Waals surface area contributed by atoms with Gasteiger partial charge < -0.3 is 4.52 Å². The largest absolute Gasteiger partial charge is 0.334 e. The van der Waals surface area contributed by atoms with Crippen molar-refractivity contribution < 1.29 is 34.3 Å². The van der Waals surface area contributed by atoms with Crippen molar-refractivity contribution in [3.63, 3.8) is 0 Å². The van der Waals surface area contributed by atoms with E-state index in [1.807, 2.05) is 72.8 Å². The van der Waals surface area contributed by atoms with Crippen LogP contribution in [-0.4, -0.2) is 57.4 Å². The molecule has 0 aliphatic heterocycles. The topological polar surface area (TPSA) is 174 Å². The Morgan fingerprint density at radius 3 is 2.04 bits per heavy atom. The lowest BCUT2D eigenvalue weighted by Gasteiger charge is -2.24. The van der Waals surface area contributed by atoms with Crippen LogP contribution in [0.15, 0.2) is 136 Å². The van der Waals surface area contributed by atoms with Crippen LogP contribution in [0.1, 0.15) is 42.3 Å². The fourth-order valence-corrected chi connectivity index (χ4v) is 7.51. The highest BCUT2D eigenvalue weighted by Crippen LogP contribution is 2.37. The van der Waals surface area contributed by atoms with E-state index in [-0.39, 0.29) is 9.79 Å². The molecule has 11 nitrogen and oxygen atoms in total. The van der Waals surface area contributed by atoms with Gasteiger partial charge in [0, 0.05) is 35.2 Å². The summed E-state index contributed by atoms with van der Waals surface area (Å²) in [6.45, 7) is 5.13. The van der Waals surface area contributed by atoms with Crippen molar-refractivity contribution in [1.29, 1.82) is 0 Å². The van der Waals surface area contributed by atoms with Crippen molar-refractivity contribution in [3.8, 4) is 11.1 Å². The number of pyridine rings is 1. The van der Waals surface area contributed by atoms with E-state index in [2.05, 4.69) is 15.1 Å². The van der Waals surface area contributed by atoms with E-state index in [4.69, 9.17) is 9.08 Å². The van der Waals surface area contributed by atoms with Gasteiger partial charge in [0.15, 0.2) is 25.5 Å². The molecule has 0 unspecified atom stereocenters. The highest BCUT2D eigenvalue weighted by molar-refractivity contribution is 7.91. The van der Waals surface area contributed by atoms with Crippen LogP contribution in [0, 0.1) is 6.92 Å². The summed E-state index contributed by atoms with van der Waals surface area (Å²) in [5, 5.41) is 6.51. The molecule has 0 saturated carbocycles. The van der Waals surface area contributed by atoms with Gasteiger partial charge in [-0.15, -0.1) is 0 Å². The van der Waals surface area contributed by atoms with Crippen LogP contribution in [-0.2, 0) is 34.5 Å². The third-order valence-electron chi connectivity index (χ3n) is 9.21. The van der Waals surface area contributed by atoms with E-state index in [0.29, 0.717) is 28.4 Å². The van der Waals surface area contributed by atoms with Crippen LogP contribution in [0.5, 0.6) is 0 Å². The Labute approximate surface area is 320 Å². The molecule has 0 spiro atoms. The Hall–Kier alpha value is -5.54. The zero-order chi connectivity index (χ0) is 39.8. The number of hydrogen-bond acceptors (Lipinski definition) is 10. The van der Waals surface area contributed by atoms with Gasteiger partial charge in [-0.1, -0.05) is 71.9 Å². The number of nitrogens with zero attached hydrogens (tertiary/aromatic N) is 3. The summed E-state index contributed by atoms with van der Waals surface area (Å²) >= 11 is 0. The molecule has 2 aromatic heterocycles. The second-order valence-electron chi connectivity index (χ2n) is 13.5. The van der Waals surface area contributed by atoms with Crippen LogP contribution >= 0.6 is 0 Å². The van der Waals surface area contributed by atoms with Gasteiger partial charge in [-0.2, -0.15) is 13.4 Å². The van der Waals surface area contributed by atoms with Crippen molar-refractivity contribution >= 4 is 63.1 Å². The average molecular weight is 796 g/mol. The molecule has 14 heteroatoms. The molecule has 7 rings (SSSR count). The Morgan fingerprint density at radius 2 is 1.40 bits per heavy atom. The second-order valence-corrected chi connectivity index (χ2v) is 19.5. The van der Waals surface area contributed by atoms with Crippen LogP contribution in [0.4, 0.5) is 0 Å². The first-order chi connectivity index (χ1) is 25.8. The number of aromatic nitrogens is 3. The maximum atomic E-state index is 12.7. The fourth-order valence-electron chi connectivity index (χ4n) is 5.82. The molecule has 0 bridgehead atoms. The molecule has 7 aromatic rings. The molecule has 55 heavy (non-hydrogen) atoms. The molecule has 282 valence electrons. The van der Waals surface area contributed by atoms with Crippen LogP contribution in [0.2, 0.25) is 0 Å². The Balaban J connectivity index is 0.000000307. The maximum Gasteiger partial charge on any atom is 0.294 e. The molecule has 0 aliphatic carbocycles. The smallest absolute Gasteiger partial charge is 0.294 e. The third-order valence-corrected chi connectivity index (χ3v) is 13.3. The summed E-state index contributed by atoms with van der Waals surface area (Å²) in [6, 6.07) is 33.7. The fraction of sp³-hybridized carbons (Fsp3) is 0.146. The first-order valence-electron chi connectivity index (χ1n) is 16.8. The zero-order valence-corrected chi connectivity index (χ0v) is 32.9. The normalized spacial score (nSPS) is 12.7. The first kappa shape index (κ1) is 39.2. The Kier molecular flexibility index (Phi) is 10.6. The Bertz CT molecular complexity index is 2940. The number of sulfone groups is 2. The molecular weight excluding hydrogens is 759 g/mol. The minimum atomic E-state index is -4.09. The summed E-state index contributed by atoms with van der Waals surface area (Å²) in [5.74, 6) is 0.763. The zero-order valence-electron chi connectivity index (χ0n) is 30.5. The molecule has 0 amide bonds. The lowest BCUT2D eigenvalue weighted by molar-refractivity contribution is 0.403. The number of hydrogen-bond donors (Lipinski definition) is 1. The van der Waals surface area contributed by atoms with Crippen LogP contribution in [0.3, 0.4) is 0 Å². The SMILES string of the molecule is Cc1noc(/C(=C/c2cccc(-c3cc(C(C)(C)S(C)(=O)=O)cc4cccnc34)c2)c2ccc(S(C)(=O)=O)cc2)n1.O=S(=O)(O)c1ccc2ccccc2c1. The van der Waals surface area contributed by atoms with Crippen LogP contribution in [0.25, 0.3) is 44.5 Å². The molecular formula is C41H37N3O8S3. The van der Waals surface area contributed by atoms with E-state index in [1.54, 1.807) is 63.4 Å². The van der Waals surface area contributed by atoms with E-state index in [0.717, 1.165) is 44.6 Å². The third kappa shape index (κ3) is 8.73. The lowest BCUT2D eigenvalue weighted by atomic mass is 9.92. The van der Waals surface area contributed by atoms with Gasteiger partial charge in [-0.25, -0.2) is 16.8 Å². The van der Waals surface area contributed by atoms with Crippen molar-refractivity contribution in [1.82, 2.24) is 15.1 Å². The molecule has 1 N–H and O–H groups in total. The van der Waals surface area contributed by atoms with Gasteiger partial charge in [0.1, 0.15) is 0 Å². The van der Waals surface area contributed by atoms with Crippen molar-refractivity contribution in [2.45, 2.75) is 35.3 Å². The summed E-state index contributed by atoms with van der Waals surface area (Å²) in [5.41, 5.74) is 5.22. The number of benzene rings is 5. The lowest BCUT2D eigenvalue weighted by Crippen LogP contribution is -2.28. The van der Waals surface area contributed by atoms with Gasteiger partial charge in [0.05, 0.1) is 20.1 Å². The standard InChI is InChI=1S/C31H29N3O5S2.C10H8O3S/c1-20-33-30(39-34-20)28(22-11-13-26(14-12-22)40(4,35)36)17-21-8-6-9-23(16-21)27-19-25(31(2,3)41(5,37)38)18-24-10-7-15-32-29(24)27;11-14(12,13)10-6-5-8-3-1-2-4-9(8)7-10/h6-19H,1-5H3;1-7H,(H,11,12,13)/b28-17+;. The van der Waals surface area contributed by atoms with Gasteiger partial charge in [-0.3, -0.25) is 9.54 Å². The predicted octanol–water partition coefficient (Wildman–Crippen LogP) is 7.95. The van der Waals surface area contributed by atoms with E-state index in [1.165, 1.54) is 18.4 Å². The van der Waals surface area contributed by atoms with E-state index >= 15 is 0 Å². The average Bonchev–Trinajstić information content (AvgIpc) is 3.58. The molecule has 5 aromatic carbocycles. The summed E-state index contributed by atoms with van der Waals surface area (Å²) < 4.78 is 84.2. The van der Waals surface area contributed by atoms with Crippen molar-refractivity contribution in [2.75, 3.05) is 12.5 Å². The summed E-state index contributed by atoms with van der Waals surface area (Å²) in [7, 11) is -10.9. The Morgan fingerprint density at radius 1 is 0.727 bits per heavy atom. The molecule has 0 fully saturated rings. The minimum absolute atomic E-state index is 0.0730. The molecule has 0 saturated heterocycles. The van der Waals surface area contributed by atoms with Gasteiger partial charge in [-0.05, 0) is 108 Å². The summed E-state index contributed by atoms with van der Waals surface area (Å²) in [6.07, 6.45) is 6.02. The van der Waals surface area contributed by atoms with Gasteiger partial charge >= 0.3 is 0 Å². The van der Waals surface area contributed by atoms with E-state index < -0.39 is 34.5 Å². The number of fused-ring (bicyclic) bond motifs is 2. The van der Waals surface area contributed by atoms with Gasteiger partial charge in [0.25, 0.3) is 16.0 Å². The highest BCUT2D eigenvalue weighted by Gasteiger charge is 2.33. The quantitative estimate of drug-likeness (QED) is 0.117. The van der Waals surface area contributed by atoms with Crippen LogP contribution < -0.4 is 0 Å². The van der Waals surface area contributed by atoms with Crippen molar-refractivity contribution in [2.24, 2.45) is 0 Å². The predicted molar refractivity (Wildman–Crippen MR) is 214 cm³/mol.